The summed E-state index contributed by atoms with van der Waals surface area (Å²) in [7, 11) is 0. The molecule has 0 unspecified atom stereocenters. The van der Waals surface area contributed by atoms with Crippen LogP contribution in [0.1, 0.15) is 25.3 Å². The number of amides is 1. The summed E-state index contributed by atoms with van der Waals surface area (Å²) in [5.41, 5.74) is 1.57. The van der Waals surface area contributed by atoms with Crippen LogP contribution in [0.3, 0.4) is 0 Å². The second-order valence-electron chi connectivity index (χ2n) is 6.72. The molecule has 1 fully saturated rings. The molecule has 0 aliphatic heterocycles. The minimum atomic E-state index is -0.720. The molecule has 0 bridgehead atoms. The molecule has 1 aromatic carbocycles. The van der Waals surface area contributed by atoms with E-state index in [1.807, 2.05) is 13.0 Å². The number of rotatable bonds is 7. The van der Waals surface area contributed by atoms with Crippen molar-refractivity contribution >= 4 is 23.3 Å². The van der Waals surface area contributed by atoms with Crippen LogP contribution < -0.4 is 5.32 Å². The van der Waals surface area contributed by atoms with Crippen molar-refractivity contribution in [1.82, 2.24) is 0 Å². The molecule has 140 valence electrons. The van der Waals surface area contributed by atoms with Crippen molar-refractivity contribution in [3.05, 3.63) is 39.9 Å². The Bertz CT molecular complexity index is 717. The van der Waals surface area contributed by atoms with E-state index in [2.05, 4.69) is 5.32 Å². The van der Waals surface area contributed by atoms with E-state index in [9.17, 15) is 24.5 Å². The van der Waals surface area contributed by atoms with E-state index in [1.54, 1.807) is 25.1 Å². The lowest BCUT2D eigenvalue weighted by molar-refractivity contribution is -0.490. The zero-order chi connectivity index (χ0) is 19.3. The van der Waals surface area contributed by atoms with Crippen molar-refractivity contribution in [1.29, 1.82) is 0 Å². The second-order valence-corrected chi connectivity index (χ2v) is 6.72. The minimum Gasteiger partial charge on any atom is -0.456 e. The number of benzene rings is 1. The predicted octanol–water partition coefficient (Wildman–Crippen LogP) is 1.98. The Morgan fingerprint density at radius 2 is 2.12 bits per heavy atom. The highest BCUT2D eigenvalue weighted by molar-refractivity contribution is 5.93. The number of carbonyl (C=O) groups excluding carboxylic acids is 3. The maximum atomic E-state index is 12.0. The van der Waals surface area contributed by atoms with Crippen LogP contribution in [-0.4, -0.2) is 35.7 Å². The SMILES string of the molecule is Cc1cccc(NC(=O)COC(=O)C[C@H]2C(=O)C[C@@H](C)[C@H]2C[N+](=O)[O-])c1. The van der Waals surface area contributed by atoms with Gasteiger partial charge in [-0.1, -0.05) is 19.1 Å². The largest absolute Gasteiger partial charge is 0.456 e. The number of Topliss-reactive ketones (excluding diaryl/α,β-unsaturated/α-hetero) is 1. The molecule has 0 aromatic heterocycles. The molecule has 26 heavy (non-hydrogen) atoms. The number of nitrogens with one attached hydrogen (secondary N) is 1. The summed E-state index contributed by atoms with van der Waals surface area (Å²) in [5, 5.41) is 13.4. The number of ether oxygens (including phenoxy) is 1. The molecule has 8 heteroatoms. The van der Waals surface area contributed by atoms with Crippen LogP contribution in [0.25, 0.3) is 0 Å². The van der Waals surface area contributed by atoms with Crippen molar-refractivity contribution in [2.24, 2.45) is 17.8 Å². The van der Waals surface area contributed by atoms with Gasteiger partial charge in [0.05, 0.1) is 6.42 Å². The van der Waals surface area contributed by atoms with E-state index in [0.29, 0.717) is 5.69 Å². The van der Waals surface area contributed by atoms with Crippen LogP contribution in [0, 0.1) is 34.8 Å². The Morgan fingerprint density at radius 3 is 2.77 bits per heavy atom. The number of ketones is 1. The first kappa shape index (κ1) is 19.6. The van der Waals surface area contributed by atoms with E-state index in [4.69, 9.17) is 4.74 Å². The van der Waals surface area contributed by atoms with Gasteiger partial charge in [-0.05, 0) is 30.5 Å². The van der Waals surface area contributed by atoms with Gasteiger partial charge in [-0.2, -0.15) is 0 Å². The van der Waals surface area contributed by atoms with Crippen LogP contribution >= 0.6 is 0 Å². The van der Waals surface area contributed by atoms with Gasteiger partial charge < -0.3 is 10.1 Å². The Kier molecular flexibility index (Phi) is 6.43. The van der Waals surface area contributed by atoms with Gasteiger partial charge in [0.1, 0.15) is 5.78 Å². The lowest BCUT2D eigenvalue weighted by Crippen LogP contribution is -2.28. The fraction of sp³-hybridized carbons (Fsp3) is 0.500. The summed E-state index contributed by atoms with van der Waals surface area (Å²) in [5.74, 6) is -2.70. The van der Waals surface area contributed by atoms with Gasteiger partial charge in [0.15, 0.2) is 6.61 Å². The van der Waals surface area contributed by atoms with Gasteiger partial charge in [0.25, 0.3) is 5.91 Å². The number of nitro groups is 1. The number of hydrogen-bond acceptors (Lipinski definition) is 6. The van der Waals surface area contributed by atoms with E-state index >= 15 is 0 Å². The van der Waals surface area contributed by atoms with E-state index < -0.39 is 35.2 Å². The zero-order valence-electron chi connectivity index (χ0n) is 14.8. The normalized spacial score (nSPS) is 22.1. The predicted molar refractivity (Wildman–Crippen MR) is 93.0 cm³/mol. The summed E-state index contributed by atoms with van der Waals surface area (Å²) >= 11 is 0. The number of aryl methyl sites for hydroxylation is 1. The zero-order valence-corrected chi connectivity index (χ0v) is 14.8. The van der Waals surface area contributed by atoms with Gasteiger partial charge >= 0.3 is 5.97 Å². The average molecular weight is 362 g/mol. The lowest BCUT2D eigenvalue weighted by Gasteiger charge is -2.17. The summed E-state index contributed by atoms with van der Waals surface area (Å²) < 4.78 is 4.93. The minimum absolute atomic E-state index is 0.143. The number of hydrogen-bond donors (Lipinski definition) is 1. The van der Waals surface area contributed by atoms with Crippen molar-refractivity contribution in [2.75, 3.05) is 18.5 Å². The number of anilines is 1. The van der Waals surface area contributed by atoms with Crippen LogP contribution in [0.2, 0.25) is 0 Å². The van der Waals surface area contributed by atoms with E-state index in [1.165, 1.54) is 0 Å². The van der Waals surface area contributed by atoms with Crippen molar-refractivity contribution in [3.8, 4) is 0 Å². The molecule has 1 amide bonds. The fourth-order valence-corrected chi connectivity index (χ4v) is 3.30. The molecule has 2 rings (SSSR count). The molecular formula is C18H22N2O6. The summed E-state index contributed by atoms with van der Waals surface area (Å²) in [6.07, 6.45) is -0.0102. The van der Waals surface area contributed by atoms with E-state index in [-0.39, 0.29) is 31.1 Å². The summed E-state index contributed by atoms with van der Waals surface area (Å²) in [6, 6.07) is 7.17. The van der Waals surface area contributed by atoms with Crippen LogP contribution in [0.5, 0.6) is 0 Å². The highest BCUT2D eigenvalue weighted by atomic mass is 16.6. The third kappa shape index (κ3) is 5.37. The molecule has 1 N–H and O–H groups in total. The Labute approximate surface area is 151 Å². The molecular weight excluding hydrogens is 340 g/mol. The standard InChI is InChI=1S/C18H22N2O6/c1-11-4-3-5-13(6-11)19-17(22)10-26-18(23)8-14-15(9-20(24)25)12(2)7-16(14)21/h3-6,12,14-15H,7-10H2,1-2H3,(H,19,22)/t12-,14-,15-/m1/s1. The molecule has 0 saturated heterocycles. The molecule has 0 heterocycles. The molecule has 0 spiro atoms. The third-order valence-electron chi connectivity index (χ3n) is 4.60. The molecule has 1 aromatic rings. The first-order valence-electron chi connectivity index (χ1n) is 8.43. The van der Waals surface area contributed by atoms with Gasteiger partial charge in [-0.25, -0.2) is 0 Å². The van der Waals surface area contributed by atoms with Gasteiger partial charge in [-0.15, -0.1) is 0 Å². The monoisotopic (exact) mass is 362 g/mol. The molecule has 1 saturated carbocycles. The van der Waals surface area contributed by atoms with E-state index in [0.717, 1.165) is 5.56 Å². The highest BCUT2D eigenvalue weighted by Crippen LogP contribution is 2.36. The van der Waals surface area contributed by atoms with Gasteiger partial charge in [-0.3, -0.25) is 24.5 Å². The van der Waals surface area contributed by atoms with Crippen LogP contribution in [-0.2, 0) is 19.1 Å². The molecule has 1 aliphatic carbocycles. The van der Waals surface area contributed by atoms with Crippen molar-refractivity contribution in [3.63, 3.8) is 0 Å². The van der Waals surface area contributed by atoms with Crippen LogP contribution in [0.15, 0.2) is 24.3 Å². The first-order chi connectivity index (χ1) is 12.3. The number of carbonyl (C=O) groups is 3. The fourth-order valence-electron chi connectivity index (χ4n) is 3.30. The van der Waals surface area contributed by atoms with Crippen molar-refractivity contribution < 1.29 is 24.0 Å². The lowest BCUT2D eigenvalue weighted by atomic mass is 9.88. The third-order valence-corrected chi connectivity index (χ3v) is 4.60. The maximum Gasteiger partial charge on any atom is 0.307 e. The highest BCUT2D eigenvalue weighted by Gasteiger charge is 2.44. The molecule has 8 nitrogen and oxygen atoms in total. The topological polar surface area (TPSA) is 116 Å². The quantitative estimate of drug-likeness (QED) is 0.450. The molecule has 3 atom stereocenters. The summed E-state index contributed by atoms with van der Waals surface area (Å²) in [4.78, 5) is 46.1. The second kappa shape index (κ2) is 8.55. The van der Waals surface area contributed by atoms with Gasteiger partial charge in [0.2, 0.25) is 6.54 Å². The first-order valence-corrected chi connectivity index (χ1v) is 8.43. The Balaban J connectivity index is 1.84. The number of esters is 1. The van der Waals surface area contributed by atoms with Crippen LogP contribution in [0.4, 0.5) is 5.69 Å². The average Bonchev–Trinajstić information content (AvgIpc) is 2.79. The molecule has 1 aliphatic rings. The van der Waals surface area contributed by atoms with Crippen molar-refractivity contribution in [2.45, 2.75) is 26.7 Å². The smallest absolute Gasteiger partial charge is 0.307 e. The van der Waals surface area contributed by atoms with Gasteiger partial charge in [0, 0.05) is 28.9 Å². The number of nitrogens with zero attached hydrogens (tertiary/aromatic N) is 1. The molecule has 0 radical (unpaired) electrons. The Morgan fingerprint density at radius 1 is 1.38 bits per heavy atom. The summed E-state index contributed by atoms with van der Waals surface area (Å²) in [6.45, 7) is 2.84. The Hall–Kier alpha value is -2.77. The maximum absolute atomic E-state index is 12.0.